The van der Waals surface area contributed by atoms with Crippen LogP contribution in [0.5, 0.6) is 0 Å². The topological polar surface area (TPSA) is 87.4 Å². The van der Waals surface area contributed by atoms with Crippen molar-refractivity contribution < 1.29 is 9.32 Å². The van der Waals surface area contributed by atoms with Crippen LogP contribution in [0, 0.1) is 13.8 Å². The third-order valence-corrected chi connectivity index (χ3v) is 7.17. The molecule has 9 heteroatoms. The SMILES string of the molecule is Cc1noc(C)c1-c1ccc2nc(Cl)nc(N3CCN(C(=O)NC4CC4)C[C@@H]3c3ccccc3)c2c1. The maximum Gasteiger partial charge on any atom is 0.317 e. The average Bonchev–Trinajstić information content (AvgIpc) is 3.65. The fraction of sp³-hybridized carbons (Fsp3) is 0.333. The number of benzene rings is 2. The third-order valence-electron chi connectivity index (χ3n) is 7.00. The van der Waals surface area contributed by atoms with Gasteiger partial charge in [-0.25, -0.2) is 9.78 Å². The summed E-state index contributed by atoms with van der Waals surface area (Å²) in [5, 5.41) is 8.34. The van der Waals surface area contributed by atoms with Crippen molar-refractivity contribution in [2.45, 2.75) is 38.8 Å². The molecule has 1 atom stereocenters. The fourth-order valence-corrected chi connectivity index (χ4v) is 5.20. The van der Waals surface area contributed by atoms with Gasteiger partial charge < -0.3 is 19.6 Å². The lowest BCUT2D eigenvalue weighted by Crippen LogP contribution is -2.53. The van der Waals surface area contributed by atoms with Crippen LogP contribution in [0.25, 0.3) is 22.0 Å². The molecule has 0 radical (unpaired) electrons. The maximum absolute atomic E-state index is 12.9. The molecular formula is C27H27ClN6O2. The number of nitrogens with one attached hydrogen (secondary N) is 1. The number of fused-ring (bicyclic) bond motifs is 1. The summed E-state index contributed by atoms with van der Waals surface area (Å²) in [6.07, 6.45) is 2.12. The number of carbonyl (C=O) groups excluding carboxylic acids is 1. The summed E-state index contributed by atoms with van der Waals surface area (Å²) in [7, 11) is 0. The highest BCUT2D eigenvalue weighted by molar-refractivity contribution is 6.28. The Bertz CT molecular complexity index is 1420. The standard InChI is InChI=1S/C27H27ClN6O2/c1-16-24(17(2)36-32-16)19-8-11-22-21(14-19)25(31-26(28)30-22)34-13-12-33(27(35)29-20-9-10-20)15-23(34)18-6-4-3-5-7-18/h3-8,11,14,20,23H,9-10,12-13,15H2,1-2H3,(H,29,35)/t23-/m1/s1. The molecule has 2 aromatic carbocycles. The van der Waals surface area contributed by atoms with Gasteiger partial charge in [0, 0.05) is 36.6 Å². The molecule has 2 aliphatic rings. The molecule has 1 saturated heterocycles. The molecule has 36 heavy (non-hydrogen) atoms. The van der Waals surface area contributed by atoms with Gasteiger partial charge in [-0.15, -0.1) is 0 Å². The van der Waals surface area contributed by atoms with E-state index in [1.807, 2.05) is 49.1 Å². The van der Waals surface area contributed by atoms with Crippen molar-refractivity contribution in [3.63, 3.8) is 0 Å². The van der Waals surface area contributed by atoms with Gasteiger partial charge in [0.25, 0.3) is 0 Å². The molecular weight excluding hydrogens is 476 g/mol. The molecule has 2 fully saturated rings. The van der Waals surface area contributed by atoms with Crippen molar-refractivity contribution in [2.75, 3.05) is 24.5 Å². The first-order valence-electron chi connectivity index (χ1n) is 12.3. The van der Waals surface area contributed by atoms with Gasteiger partial charge in [0.05, 0.1) is 17.3 Å². The van der Waals surface area contributed by atoms with Gasteiger partial charge in [0.2, 0.25) is 5.28 Å². The minimum Gasteiger partial charge on any atom is -0.361 e. The second-order valence-electron chi connectivity index (χ2n) is 9.54. The zero-order valence-electron chi connectivity index (χ0n) is 20.2. The number of halogens is 1. The van der Waals surface area contributed by atoms with Gasteiger partial charge in [-0.3, -0.25) is 0 Å². The number of hydrogen-bond donors (Lipinski definition) is 1. The quantitative estimate of drug-likeness (QED) is 0.381. The van der Waals surface area contributed by atoms with Crippen molar-refractivity contribution >= 4 is 34.4 Å². The van der Waals surface area contributed by atoms with Gasteiger partial charge in [0.15, 0.2) is 0 Å². The van der Waals surface area contributed by atoms with Crippen LogP contribution in [0.1, 0.15) is 35.9 Å². The average molecular weight is 503 g/mol. The zero-order valence-corrected chi connectivity index (χ0v) is 21.0. The van der Waals surface area contributed by atoms with Gasteiger partial charge >= 0.3 is 6.03 Å². The van der Waals surface area contributed by atoms with E-state index in [1.54, 1.807) is 0 Å². The van der Waals surface area contributed by atoms with E-state index in [0.717, 1.165) is 57.7 Å². The molecule has 2 amide bonds. The Morgan fingerprint density at radius 2 is 1.89 bits per heavy atom. The number of nitrogens with zero attached hydrogens (tertiary/aromatic N) is 5. The van der Waals surface area contributed by atoms with Gasteiger partial charge in [-0.2, -0.15) is 4.98 Å². The second kappa shape index (κ2) is 9.09. The van der Waals surface area contributed by atoms with Crippen molar-refractivity contribution in [2.24, 2.45) is 0 Å². The van der Waals surface area contributed by atoms with Crippen molar-refractivity contribution in [1.29, 1.82) is 0 Å². The monoisotopic (exact) mass is 502 g/mol. The van der Waals surface area contributed by atoms with Crippen LogP contribution in [0.2, 0.25) is 5.28 Å². The predicted molar refractivity (Wildman–Crippen MR) is 139 cm³/mol. The lowest BCUT2D eigenvalue weighted by molar-refractivity contribution is 0.184. The maximum atomic E-state index is 12.9. The number of urea groups is 1. The van der Waals surface area contributed by atoms with Crippen LogP contribution in [-0.2, 0) is 0 Å². The van der Waals surface area contributed by atoms with E-state index in [2.05, 4.69) is 38.6 Å². The number of piperazine rings is 1. The summed E-state index contributed by atoms with van der Waals surface area (Å²) in [6.45, 7) is 5.61. The molecule has 1 N–H and O–H groups in total. The third kappa shape index (κ3) is 4.26. The van der Waals surface area contributed by atoms with E-state index in [9.17, 15) is 4.79 Å². The molecule has 184 valence electrons. The molecule has 1 aliphatic carbocycles. The first-order chi connectivity index (χ1) is 17.5. The Morgan fingerprint density at radius 3 is 2.61 bits per heavy atom. The van der Waals surface area contributed by atoms with Crippen LogP contribution >= 0.6 is 11.6 Å². The van der Waals surface area contributed by atoms with E-state index in [0.29, 0.717) is 25.7 Å². The smallest absolute Gasteiger partial charge is 0.317 e. The largest absolute Gasteiger partial charge is 0.361 e. The molecule has 6 rings (SSSR count). The van der Waals surface area contributed by atoms with Crippen LogP contribution in [0.4, 0.5) is 10.6 Å². The molecule has 0 unspecified atom stereocenters. The summed E-state index contributed by atoms with van der Waals surface area (Å²) in [6, 6.07) is 16.5. The Kier molecular flexibility index (Phi) is 5.76. The van der Waals surface area contributed by atoms with Crippen LogP contribution in [0.15, 0.2) is 53.1 Å². The summed E-state index contributed by atoms with van der Waals surface area (Å²) in [5.41, 5.74) is 4.68. The zero-order chi connectivity index (χ0) is 24.8. The summed E-state index contributed by atoms with van der Waals surface area (Å²) in [5.74, 6) is 1.52. The van der Waals surface area contributed by atoms with Crippen LogP contribution in [-0.4, -0.2) is 51.7 Å². The number of aryl methyl sites for hydroxylation is 2. The van der Waals surface area contributed by atoms with Crippen molar-refractivity contribution in [3.05, 3.63) is 70.8 Å². The summed E-state index contributed by atoms with van der Waals surface area (Å²) in [4.78, 5) is 26.3. The Morgan fingerprint density at radius 1 is 1.08 bits per heavy atom. The number of aromatic nitrogens is 3. The second-order valence-corrected chi connectivity index (χ2v) is 9.88. The molecule has 0 bridgehead atoms. The molecule has 1 aliphatic heterocycles. The Hall–Kier alpha value is -3.65. The summed E-state index contributed by atoms with van der Waals surface area (Å²) < 4.78 is 5.41. The lowest BCUT2D eigenvalue weighted by Gasteiger charge is -2.42. The van der Waals surface area contributed by atoms with Gasteiger partial charge in [-0.1, -0.05) is 41.6 Å². The Balaban J connectivity index is 1.43. The molecule has 8 nitrogen and oxygen atoms in total. The minimum absolute atomic E-state index is 0.00403. The molecule has 2 aromatic heterocycles. The van der Waals surface area contributed by atoms with Crippen LogP contribution < -0.4 is 10.2 Å². The molecule has 1 saturated carbocycles. The number of carbonyl (C=O) groups is 1. The lowest BCUT2D eigenvalue weighted by atomic mass is 9.99. The normalized spacial score (nSPS) is 18.0. The van der Waals surface area contributed by atoms with E-state index >= 15 is 0 Å². The number of amides is 2. The number of anilines is 1. The van der Waals surface area contributed by atoms with Crippen molar-refractivity contribution in [3.8, 4) is 11.1 Å². The van der Waals surface area contributed by atoms with Gasteiger partial charge in [-0.05, 0) is 61.5 Å². The van der Waals surface area contributed by atoms with Crippen molar-refractivity contribution in [1.82, 2.24) is 25.3 Å². The number of rotatable bonds is 4. The fourth-order valence-electron chi connectivity index (χ4n) is 5.03. The first kappa shape index (κ1) is 22.8. The molecule has 3 heterocycles. The summed E-state index contributed by atoms with van der Waals surface area (Å²) >= 11 is 6.42. The van der Waals surface area contributed by atoms with E-state index in [1.165, 1.54) is 0 Å². The highest BCUT2D eigenvalue weighted by Crippen LogP contribution is 2.37. The highest BCUT2D eigenvalue weighted by Gasteiger charge is 2.34. The molecule has 4 aromatic rings. The van der Waals surface area contributed by atoms with E-state index in [-0.39, 0.29) is 17.4 Å². The minimum atomic E-state index is -0.0817. The number of hydrogen-bond acceptors (Lipinski definition) is 6. The first-order valence-corrected chi connectivity index (χ1v) is 12.6. The Labute approximate surface area is 214 Å². The highest BCUT2D eigenvalue weighted by atomic mass is 35.5. The molecule has 0 spiro atoms. The van der Waals surface area contributed by atoms with E-state index < -0.39 is 0 Å². The van der Waals surface area contributed by atoms with Crippen LogP contribution in [0.3, 0.4) is 0 Å². The van der Waals surface area contributed by atoms with Gasteiger partial charge in [0.1, 0.15) is 11.6 Å². The van der Waals surface area contributed by atoms with E-state index in [4.69, 9.17) is 21.1 Å². The predicted octanol–water partition coefficient (Wildman–Crippen LogP) is 5.29.